The highest BCUT2D eigenvalue weighted by Gasteiger charge is 2.15. The fourth-order valence-corrected chi connectivity index (χ4v) is 3.39. The number of amides is 2. The molecule has 2 aromatic rings. The third-order valence-corrected chi connectivity index (χ3v) is 5.37. The minimum atomic E-state index is -0.351. The number of nitrogens with one attached hydrogen (secondary N) is 2. The maximum absolute atomic E-state index is 12.8. The lowest BCUT2D eigenvalue weighted by molar-refractivity contribution is -0.128. The number of carbonyl (C=O) groups is 2. The number of benzene rings is 2. The van der Waals surface area contributed by atoms with Crippen molar-refractivity contribution < 1.29 is 14.3 Å². The smallest absolute Gasteiger partial charge is 0.261 e. The van der Waals surface area contributed by atoms with E-state index in [1.165, 1.54) is 0 Å². The lowest BCUT2D eigenvalue weighted by atomic mass is 10.1. The van der Waals surface area contributed by atoms with Crippen molar-refractivity contribution in [2.75, 3.05) is 26.0 Å². The van der Waals surface area contributed by atoms with Crippen LogP contribution in [0.3, 0.4) is 0 Å². The van der Waals surface area contributed by atoms with Crippen molar-refractivity contribution in [2.24, 2.45) is 5.92 Å². The molecule has 2 rings (SSSR count). The molecule has 0 aromatic heterocycles. The number of aryl methyl sites for hydroxylation is 1. The van der Waals surface area contributed by atoms with Gasteiger partial charge in [-0.3, -0.25) is 14.9 Å². The highest BCUT2D eigenvalue weighted by molar-refractivity contribution is 9.10. The van der Waals surface area contributed by atoms with Crippen LogP contribution in [0.4, 0.5) is 5.69 Å². The first-order valence-corrected chi connectivity index (χ1v) is 11.7. The molecular formula is C24H30BrN3O3S. The molecule has 0 aliphatic carbocycles. The minimum absolute atomic E-state index is 0.0755. The zero-order valence-corrected chi connectivity index (χ0v) is 21.3. The van der Waals surface area contributed by atoms with Gasteiger partial charge in [0.2, 0.25) is 5.91 Å². The number of carbonyl (C=O) groups excluding carboxylic acids is 2. The summed E-state index contributed by atoms with van der Waals surface area (Å²) in [6.45, 7) is 4.78. The fourth-order valence-electron chi connectivity index (χ4n) is 2.82. The molecular weight excluding hydrogens is 490 g/mol. The zero-order chi connectivity index (χ0) is 23.7. The summed E-state index contributed by atoms with van der Waals surface area (Å²) >= 11 is 8.74. The van der Waals surface area contributed by atoms with Crippen molar-refractivity contribution in [1.82, 2.24) is 10.2 Å². The van der Waals surface area contributed by atoms with Crippen LogP contribution in [0.15, 0.2) is 46.9 Å². The molecule has 0 spiro atoms. The third-order valence-electron chi connectivity index (χ3n) is 4.68. The predicted molar refractivity (Wildman–Crippen MR) is 136 cm³/mol. The van der Waals surface area contributed by atoms with E-state index in [1.54, 1.807) is 31.1 Å². The molecule has 2 N–H and O–H groups in total. The van der Waals surface area contributed by atoms with Crippen LogP contribution in [-0.4, -0.2) is 42.5 Å². The van der Waals surface area contributed by atoms with E-state index in [2.05, 4.69) is 40.4 Å². The van der Waals surface area contributed by atoms with Crippen LogP contribution in [0.1, 0.15) is 42.6 Å². The first-order valence-electron chi connectivity index (χ1n) is 10.5. The molecule has 0 aliphatic heterocycles. The Hall–Kier alpha value is -2.45. The van der Waals surface area contributed by atoms with Gasteiger partial charge >= 0.3 is 0 Å². The van der Waals surface area contributed by atoms with Gasteiger partial charge < -0.3 is 15.0 Å². The van der Waals surface area contributed by atoms with Crippen LogP contribution >= 0.6 is 28.1 Å². The summed E-state index contributed by atoms with van der Waals surface area (Å²) in [4.78, 5) is 26.2. The van der Waals surface area contributed by atoms with Crippen molar-refractivity contribution >= 4 is 50.8 Å². The molecule has 0 atom stereocenters. The largest absolute Gasteiger partial charge is 0.493 e. The molecule has 2 amide bonds. The maximum Gasteiger partial charge on any atom is 0.261 e. The Bertz CT molecular complexity index is 963. The Morgan fingerprint density at radius 2 is 1.91 bits per heavy atom. The van der Waals surface area contributed by atoms with Gasteiger partial charge in [-0.2, -0.15) is 0 Å². The lowest BCUT2D eigenvalue weighted by Crippen LogP contribution is -2.34. The van der Waals surface area contributed by atoms with Crippen molar-refractivity contribution in [3.63, 3.8) is 0 Å². The van der Waals surface area contributed by atoms with E-state index in [0.29, 0.717) is 36.7 Å². The Morgan fingerprint density at radius 1 is 1.16 bits per heavy atom. The molecule has 2 aromatic carbocycles. The minimum Gasteiger partial charge on any atom is -0.493 e. The number of nitrogens with zero attached hydrogens (tertiary/aromatic N) is 1. The Kier molecular flexibility index (Phi) is 10.1. The van der Waals surface area contributed by atoms with Gasteiger partial charge in [-0.25, -0.2) is 0 Å². The first kappa shape index (κ1) is 25.8. The van der Waals surface area contributed by atoms with Crippen molar-refractivity contribution in [1.29, 1.82) is 0 Å². The van der Waals surface area contributed by atoms with Crippen molar-refractivity contribution in [2.45, 2.75) is 33.1 Å². The monoisotopic (exact) mass is 519 g/mol. The number of anilines is 1. The number of hydrogen-bond donors (Lipinski definition) is 2. The number of thiocarbonyl (C=S) groups is 1. The highest BCUT2D eigenvalue weighted by Crippen LogP contribution is 2.24. The Labute approximate surface area is 203 Å². The summed E-state index contributed by atoms with van der Waals surface area (Å²) in [5.74, 6) is 0.751. The van der Waals surface area contributed by atoms with E-state index in [4.69, 9.17) is 17.0 Å². The van der Waals surface area contributed by atoms with Crippen molar-refractivity contribution in [3.8, 4) is 5.75 Å². The summed E-state index contributed by atoms with van der Waals surface area (Å²) in [5, 5.41) is 5.94. The number of halogens is 1. The van der Waals surface area contributed by atoms with E-state index in [-0.39, 0.29) is 16.9 Å². The molecule has 0 unspecified atom stereocenters. The molecule has 0 bridgehead atoms. The first-order chi connectivity index (χ1) is 15.2. The lowest BCUT2D eigenvalue weighted by Gasteiger charge is -2.15. The zero-order valence-electron chi connectivity index (χ0n) is 18.9. The Balaban J connectivity index is 2.00. The van der Waals surface area contributed by atoms with Crippen LogP contribution in [-0.2, 0) is 11.2 Å². The highest BCUT2D eigenvalue weighted by atomic mass is 79.9. The van der Waals surface area contributed by atoms with Crippen LogP contribution in [0.5, 0.6) is 5.75 Å². The average Bonchev–Trinajstić information content (AvgIpc) is 2.72. The molecule has 32 heavy (non-hydrogen) atoms. The summed E-state index contributed by atoms with van der Waals surface area (Å²) in [5.41, 5.74) is 2.16. The summed E-state index contributed by atoms with van der Waals surface area (Å²) < 4.78 is 6.60. The third kappa shape index (κ3) is 8.59. The second-order valence-electron chi connectivity index (χ2n) is 8.07. The van der Waals surface area contributed by atoms with Gasteiger partial charge in [-0.15, -0.1) is 0 Å². The fraction of sp³-hybridized carbons (Fsp3) is 0.375. The van der Waals surface area contributed by atoms with E-state index in [9.17, 15) is 9.59 Å². The topological polar surface area (TPSA) is 70.7 Å². The van der Waals surface area contributed by atoms with Crippen molar-refractivity contribution in [3.05, 3.63) is 58.1 Å². The van der Waals surface area contributed by atoms with Gasteiger partial charge in [0, 0.05) is 30.7 Å². The van der Waals surface area contributed by atoms with Gasteiger partial charge in [0.05, 0.1) is 12.2 Å². The normalized spacial score (nSPS) is 10.6. The van der Waals surface area contributed by atoms with E-state index in [0.717, 1.165) is 22.1 Å². The van der Waals surface area contributed by atoms with Gasteiger partial charge in [0.15, 0.2) is 5.11 Å². The van der Waals surface area contributed by atoms with Crippen LogP contribution in [0.2, 0.25) is 0 Å². The Morgan fingerprint density at radius 3 is 2.59 bits per heavy atom. The van der Waals surface area contributed by atoms with Gasteiger partial charge in [0.25, 0.3) is 5.91 Å². The molecule has 8 heteroatoms. The molecule has 0 saturated carbocycles. The quantitative estimate of drug-likeness (QED) is 0.455. The predicted octanol–water partition coefficient (Wildman–Crippen LogP) is 5.02. The number of ether oxygens (including phenoxy) is 1. The van der Waals surface area contributed by atoms with E-state index < -0.39 is 0 Å². The van der Waals surface area contributed by atoms with Gasteiger partial charge in [-0.1, -0.05) is 41.9 Å². The molecule has 172 valence electrons. The molecule has 0 aliphatic rings. The van der Waals surface area contributed by atoms with Crippen LogP contribution in [0, 0.1) is 5.92 Å². The summed E-state index contributed by atoms with van der Waals surface area (Å²) in [6, 6.07) is 12.9. The number of hydrogen-bond acceptors (Lipinski definition) is 4. The standard InChI is InChI=1S/C24H30BrN3O3S/c1-16(2)12-13-31-21-10-9-18(25)15-20(21)23(30)27-24(32)26-19-7-5-6-17(14-19)8-11-22(29)28(3)4/h5-7,9-10,14-16H,8,11-13H2,1-4H3,(H2,26,27,30,32). The summed E-state index contributed by atoms with van der Waals surface area (Å²) in [6.07, 6.45) is 1.95. The molecule has 0 saturated heterocycles. The van der Waals surface area contributed by atoms with Gasteiger partial charge in [0.1, 0.15) is 5.75 Å². The van der Waals surface area contributed by atoms with E-state index in [1.807, 2.05) is 30.3 Å². The summed E-state index contributed by atoms with van der Waals surface area (Å²) in [7, 11) is 3.49. The van der Waals surface area contributed by atoms with Crippen LogP contribution < -0.4 is 15.4 Å². The number of rotatable bonds is 9. The maximum atomic E-state index is 12.8. The molecule has 0 radical (unpaired) electrons. The second-order valence-corrected chi connectivity index (χ2v) is 9.39. The average molecular weight is 520 g/mol. The molecule has 0 heterocycles. The van der Waals surface area contributed by atoms with E-state index >= 15 is 0 Å². The van der Waals surface area contributed by atoms with Gasteiger partial charge in [-0.05, 0) is 66.9 Å². The van der Waals surface area contributed by atoms with Crippen LogP contribution in [0.25, 0.3) is 0 Å². The SMILES string of the molecule is CC(C)CCOc1ccc(Br)cc1C(=O)NC(=S)Nc1cccc(CCC(=O)N(C)C)c1. The molecule has 6 nitrogen and oxygen atoms in total. The second kappa shape index (κ2) is 12.6. The molecule has 0 fully saturated rings.